The monoisotopic (exact) mass is 337 g/mol. The van der Waals surface area contributed by atoms with Crippen molar-refractivity contribution in [3.8, 4) is 0 Å². The smallest absolute Gasteiger partial charge is 0.321 e. The number of para-hydroxylation sites is 1. The average molecular weight is 337 g/mol. The molecule has 0 spiro atoms. The number of thioether (sulfide) groups is 1. The predicted molar refractivity (Wildman–Crippen MR) is 91.4 cm³/mol. The maximum atomic E-state index is 12.0. The van der Waals surface area contributed by atoms with Gasteiger partial charge in [-0.05, 0) is 39.8 Å². The number of nitrogens with zero attached hydrogens (tertiary/aromatic N) is 1. The number of hydrogen-bond donors (Lipinski definition) is 2. The summed E-state index contributed by atoms with van der Waals surface area (Å²) in [5.41, 5.74) is 0.543. The first kappa shape index (κ1) is 16.8. The van der Waals surface area contributed by atoms with Crippen LogP contribution in [0.3, 0.4) is 0 Å². The van der Waals surface area contributed by atoms with Gasteiger partial charge in [0.2, 0.25) is 5.91 Å². The van der Waals surface area contributed by atoms with Gasteiger partial charge < -0.3 is 5.32 Å². The number of fused-ring (bicyclic) bond motifs is 1. The molecule has 0 fully saturated rings. The van der Waals surface area contributed by atoms with Crippen LogP contribution >= 0.6 is 23.1 Å². The standard InChI is InChI=1S/C15H19N3O2S2/c1-9(12(19)17-13(20)18-15(2,3)4)21-14-16-10-7-5-6-8-11(10)22-14/h5-9H,1-4H3,(H2,17,18,19,20). The summed E-state index contributed by atoms with van der Waals surface area (Å²) >= 11 is 2.90. The number of hydrogen-bond acceptors (Lipinski definition) is 5. The zero-order valence-electron chi connectivity index (χ0n) is 13.0. The Morgan fingerprint density at radius 3 is 2.59 bits per heavy atom. The number of carbonyl (C=O) groups is 2. The summed E-state index contributed by atoms with van der Waals surface area (Å²) in [6.45, 7) is 7.33. The van der Waals surface area contributed by atoms with Crippen molar-refractivity contribution in [2.75, 3.05) is 0 Å². The van der Waals surface area contributed by atoms with Crippen LogP contribution in [0.4, 0.5) is 4.79 Å². The third kappa shape index (κ3) is 4.71. The first-order valence-electron chi connectivity index (χ1n) is 6.90. The van der Waals surface area contributed by atoms with E-state index in [4.69, 9.17) is 0 Å². The summed E-state index contributed by atoms with van der Waals surface area (Å²) in [6, 6.07) is 7.36. The zero-order valence-corrected chi connectivity index (χ0v) is 14.6. The molecule has 0 saturated carbocycles. The molecule has 22 heavy (non-hydrogen) atoms. The van der Waals surface area contributed by atoms with Gasteiger partial charge in [0.15, 0.2) is 4.34 Å². The Hall–Kier alpha value is -1.60. The van der Waals surface area contributed by atoms with E-state index in [9.17, 15) is 9.59 Å². The number of rotatable bonds is 3. The Bertz CT molecular complexity index is 658. The minimum absolute atomic E-state index is 0.328. The Balaban J connectivity index is 1.95. The van der Waals surface area contributed by atoms with Crippen molar-refractivity contribution in [2.24, 2.45) is 0 Å². The number of thiazole rings is 1. The summed E-state index contributed by atoms with van der Waals surface area (Å²) in [7, 11) is 0. The summed E-state index contributed by atoms with van der Waals surface area (Å²) in [6.07, 6.45) is 0. The number of carbonyl (C=O) groups excluding carboxylic acids is 2. The van der Waals surface area contributed by atoms with Crippen LogP contribution in [0.25, 0.3) is 10.2 Å². The molecule has 0 saturated heterocycles. The fraction of sp³-hybridized carbons (Fsp3) is 0.400. The summed E-state index contributed by atoms with van der Waals surface area (Å²) in [5.74, 6) is -0.328. The van der Waals surface area contributed by atoms with E-state index in [1.54, 1.807) is 18.3 Å². The molecule has 2 N–H and O–H groups in total. The highest BCUT2D eigenvalue weighted by molar-refractivity contribution is 8.02. The van der Waals surface area contributed by atoms with Crippen LogP contribution in [0.2, 0.25) is 0 Å². The lowest BCUT2D eigenvalue weighted by Crippen LogP contribution is -2.49. The van der Waals surface area contributed by atoms with E-state index >= 15 is 0 Å². The average Bonchev–Trinajstić information content (AvgIpc) is 2.78. The van der Waals surface area contributed by atoms with Gasteiger partial charge in [0.1, 0.15) is 0 Å². The van der Waals surface area contributed by atoms with Crippen molar-refractivity contribution in [1.82, 2.24) is 15.6 Å². The van der Waals surface area contributed by atoms with Gasteiger partial charge in [-0.15, -0.1) is 11.3 Å². The van der Waals surface area contributed by atoms with Gasteiger partial charge in [-0.2, -0.15) is 0 Å². The number of aromatic nitrogens is 1. The van der Waals surface area contributed by atoms with E-state index in [2.05, 4.69) is 15.6 Å². The van der Waals surface area contributed by atoms with Crippen LogP contribution in [0.15, 0.2) is 28.6 Å². The van der Waals surface area contributed by atoms with E-state index in [0.29, 0.717) is 0 Å². The van der Waals surface area contributed by atoms with Crippen molar-refractivity contribution < 1.29 is 9.59 Å². The summed E-state index contributed by atoms with van der Waals surface area (Å²) in [5, 5.41) is 4.66. The molecule has 1 heterocycles. The zero-order chi connectivity index (χ0) is 16.3. The van der Waals surface area contributed by atoms with E-state index in [0.717, 1.165) is 14.6 Å². The minimum Gasteiger partial charge on any atom is -0.333 e. The van der Waals surface area contributed by atoms with Crippen molar-refractivity contribution in [1.29, 1.82) is 0 Å². The van der Waals surface area contributed by atoms with Gasteiger partial charge in [0.05, 0.1) is 15.5 Å². The Labute approximate surface area is 137 Å². The summed E-state index contributed by atoms with van der Waals surface area (Å²) in [4.78, 5) is 28.2. The van der Waals surface area contributed by atoms with E-state index in [1.807, 2.05) is 45.0 Å². The van der Waals surface area contributed by atoms with Crippen molar-refractivity contribution in [3.05, 3.63) is 24.3 Å². The molecule has 1 aromatic carbocycles. The molecule has 3 amide bonds. The predicted octanol–water partition coefficient (Wildman–Crippen LogP) is 3.40. The molecule has 0 radical (unpaired) electrons. The van der Waals surface area contributed by atoms with Crippen LogP contribution in [0.1, 0.15) is 27.7 Å². The van der Waals surface area contributed by atoms with Gasteiger partial charge in [-0.1, -0.05) is 23.9 Å². The van der Waals surface area contributed by atoms with Gasteiger partial charge >= 0.3 is 6.03 Å². The molecule has 0 aliphatic heterocycles. The van der Waals surface area contributed by atoms with Crippen molar-refractivity contribution in [2.45, 2.75) is 42.8 Å². The Morgan fingerprint density at radius 1 is 1.27 bits per heavy atom. The molecular formula is C15H19N3O2S2. The highest BCUT2D eigenvalue weighted by Crippen LogP contribution is 2.31. The Kier molecular flexibility index (Phi) is 5.08. The maximum Gasteiger partial charge on any atom is 0.321 e. The number of urea groups is 1. The lowest BCUT2D eigenvalue weighted by molar-refractivity contribution is -0.119. The first-order valence-corrected chi connectivity index (χ1v) is 8.59. The first-order chi connectivity index (χ1) is 10.2. The SMILES string of the molecule is CC(Sc1nc2ccccc2s1)C(=O)NC(=O)NC(C)(C)C. The molecule has 1 atom stereocenters. The van der Waals surface area contributed by atoms with Crippen molar-refractivity contribution >= 4 is 45.3 Å². The fourth-order valence-corrected chi connectivity index (χ4v) is 3.90. The molecule has 5 nitrogen and oxygen atoms in total. The van der Waals surface area contributed by atoms with Gasteiger partial charge in [-0.3, -0.25) is 10.1 Å². The van der Waals surface area contributed by atoms with E-state index in [1.165, 1.54) is 11.8 Å². The minimum atomic E-state index is -0.478. The molecule has 1 unspecified atom stereocenters. The fourth-order valence-electron chi connectivity index (χ4n) is 1.69. The third-order valence-electron chi connectivity index (χ3n) is 2.65. The molecule has 1 aromatic heterocycles. The topological polar surface area (TPSA) is 71.1 Å². The Morgan fingerprint density at radius 2 is 1.95 bits per heavy atom. The van der Waals surface area contributed by atoms with Gasteiger partial charge in [0.25, 0.3) is 0 Å². The van der Waals surface area contributed by atoms with Gasteiger partial charge in [0, 0.05) is 5.54 Å². The van der Waals surface area contributed by atoms with E-state index < -0.39 is 11.3 Å². The second-order valence-corrected chi connectivity index (χ2v) is 8.52. The molecule has 7 heteroatoms. The summed E-state index contributed by atoms with van der Waals surface area (Å²) < 4.78 is 1.91. The molecule has 0 bridgehead atoms. The molecular weight excluding hydrogens is 318 g/mol. The van der Waals surface area contributed by atoms with Crippen LogP contribution < -0.4 is 10.6 Å². The van der Waals surface area contributed by atoms with E-state index in [-0.39, 0.29) is 11.4 Å². The highest BCUT2D eigenvalue weighted by atomic mass is 32.2. The van der Waals surface area contributed by atoms with Crippen molar-refractivity contribution in [3.63, 3.8) is 0 Å². The highest BCUT2D eigenvalue weighted by Gasteiger charge is 2.21. The largest absolute Gasteiger partial charge is 0.333 e. The number of nitrogens with one attached hydrogen (secondary N) is 2. The normalized spacial score (nSPS) is 12.9. The molecule has 2 aromatic rings. The van der Waals surface area contributed by atoms with Crippen LogP contribution in [-0.2, 0) is 4.79 Å². The molecule has 0 aliphatic rings. The molecule has 0 aliphatic carbocycles. The number of amides is 3. The van der Waals surface area contributed by atoms with Crippen LogP contribution in [0.5, 0.6) is 0 Å². The quantitative estimate of drug-likeness (QED) is 0.842. The number of benzene rings is 1. The second-order valence-electron chi connectivity index (χ2n) is 5.90. The second kappa shape index (κ2) is 6.66. The number of imide groups is 1. The molecule has 2 rings (SSSR count). The lowest BCUT2D eigenvalue weighted by Gasteiger charge is -2.21. The van der Waals surface area contributed by atoms with Crippen LogP contribution in [-0.4, -0.2) is 27.7 Å². The van der Waals surface area contributed by atoms with Crippen LogP contribution in [0, 0.1) is 0 Å². The lowest BCUT2D eigenvalue weighted by atomic mass is 10.1. The van der Waals surface area contributed by atoms with Gasteiger partial charge in [-0.25, -0.2) is 9.78 Å². The third-order valence-corrected chi connectivity index (χ3v) is 4.88. The molecule has 118 valence electrons. The maximum absolute atomic E-state index is 12.0.